The van der Waals surface area contributed by atoms with Gasteiger partial charge in [-0.2, -0.15) is 0 Å². The van der Waals surface area contributed by atoms with Gasteiger partial charge in [0.2, 0.25) is 0 Å². The van der Waals surface area contributed by atoms with Crippen LogP contribution >= 0.6 is 0 Å². The van der Waals surface area contributed by atoms with Gasteiger partial charge in [-0.3, -0.25) is 14.7 Å². The molecular formula is C11H16N2O2. The maximum Gasteiger partial charge on any atom is 0.317 e. The SMILES string of the molecule is CCCN(CC(=O)O)Cc1ccccn1. The molecule has 15 heavy (non-hydrogen) atoms. The van der Waals surface area contributed by atoms with Crippen LogP contribution in [0.1, 0.15) is 19.0 Å². The van der Waals surface area contributed by atoms with Crippen LogP contribution in [0.3, 0.4) is 0 Å². The number of rotatable bonds is 6. The fourth-order valence-electron chi connectivity index (χ4n) is 1.44. The van der Waals surface area contributed by atoms with Gasteiger partial charge in [-0.25, -0.2) is 0 Å². The van der Waals surface area contributed by atoms with Gasteiger partial charge in [0.05, 0.1) is 12.2 Å². The third-order valence-electron chi connectivity index (χ3n) is 2.01. The molecule has 0 bridgehead atoms. The molecule has 4 heteroatoms. The molecule has 1 N–H and O–H groups in total. The smallest absolute Gasteiger partial charge is 0.317 e. The molecule has 0 saturated heterocycles. The molecule has 1 aromatic rings. The quantitative estimate of drug-likeness (QED) is 0.767. The average molecular weight is 208 g/mol. The second-order valence-corrected chi connectivity index (χ2v) is 3.43. The largest absolute Gasteiger partial charge is 0.480 e. The van der Waals surface area contributed by atoms with Crippen molar-refractivity contribution < 1.29 is 9.90 Å². The second-order valence-electron chi connectivity index (χ2n) is 3.43. The van der Waals surface area contributed by atoms with E-state index in [4.69, 9.17) is 5.11 Å². The van der Waals surface area contributed by atoms with Crippen LogP contribution in [-0.2, 0) is 11.3 Å². The fraction of sp³-hybridized carbons (Fsp3) is 0.455. The van der Waals surface area contributed by atoms with Crippen LogP contribution in [0.15, 0.2) is 24.4 Å². The fourth-order valence-corrected chi connectivity index (χ4v) is 1.44. The Bertz CT molecular complexity index is 301. The summed E-state index contributed by atoms with van der Waals surface area (Å²) in [5.74, 6) is -0.792. The van der Waals surface area contributed by atoms with E-state index >= 15 is 0 Å². The van der Waals surface area contributed by atoms with Gasteiger partial charge in [-0.05, 0) is 25.1 Å². The molecule has 0 fully saturated rings. The Morgan fingerprint density at radius 3 is 2.87 bits per heavy atom. The molecule has 0 aromatic carbocycles. The summed E-state index contributed by atoms with van der Waals surface area (Å²) in [5.41, 5.74) is 0.909. The predicted octanol–water partition coefficient (Wildman–Crippen LogP) is 1.38. The summed E-state index contributed by atoms with van der Waals surface area (Å²) in [4.78, 5) is 16.7. The molecule has 0 radical (unpaired) electrons. The summed E-state index contributed by atoms with van der Waals surface area (Å²) in [6.07, 6.45) is 2.67. The van der Waals surface area contributed by atoms with Crippen molar-refractivity contribution in [1.82, 2.24) is 9.88 Å². The van der Waals surface area contributed by atoms with Crippen molar-refractivity contribution in [1.29, 1.82) is 0 Å². The molecule has 0 aliphatic heterocycles. The molecule has 0 aliphatic carbocycles. The van der Waals surface area contributed by atoms with Crippen LogP contribution in [0, 0.1) is 0 Å². The number of carboxylic acid groups (broad SMARTS) is 1. The highest BCUT2D eigenvalue weighted by Gasteiger charge is 2.09. The van der Waals surface area contributed by atoms with Crippen molar-refractivity contribution in [2.75, 3.05) is 13.1 Å². The third kappa shape index (κ3) is 4.56. The van der Waals surface area contributed by atoms with Crippen LogP contribution in [0.25, 0.3) is 0 Å². The Labute approximate surface area is 89.6 Å². The number of carboxylic acids is 1. The molecule has 1 rings (SSSR count). The first-order valence-electron chi connectivity index (χ1n) is 5.06. The van der Waals surface area contributed by atoms with Crippen molar-refractivity contribution >= 4 is 5.97 Å². The molecule has 4 nitrogen and oxygen atoms in total. The van der Waals surface area contributed by atoms with Gasteiger partial charge in [0.25, 0.3) is 0 Å². The lowest BCUT2D eigenvalue weighted by atomic mass is 10.3. The Hall–Kier alpha value is -1.42. The number of hydrogen-bond acceptors (Lipinski definition) is 3. The number of carbonyl (C=O) groups is 1. The van der Waals surface area contributed by atoms with E-state index in [1.54, 1.807) is 6.20 Å². The zero-order chi connectivity index (χ0) is 11.1. The van der Waals surface area contributed by atoms with E-state index in [1.807, 2.05) is 30.0 Å². The van der Waals surface area contributed by atoms with Gasteiger partial charge in [0, 0.05) is 12.7 Å². The number of pyridine rings is 1. The lowest BCUT2D eigenvalue weighted by Gasteiger charge is -2.18. The average Bonchev–Trinajstić information content (AvgIpc) is 2.18. The molecule has 0 amide bonds. The minimum Gasteiger partial charge on any atom is -0.480 e. The molecule has 0 atom stereocenters. The standard InChI is InChI=1S/C11H16N2O2/c1-2-7-13(9-11(14)15)8-10-5-3-4-6-12-10/h3-6H,2,7-9H2,1H3,(H,14,15). The second kappa shape index (κ2) is 6.14. The monoisotopic (exact) mass is 208 g/mol. The zero-order valence-corrected chi connectivity index (χ0v) is 8.89. The first-order chi connectivity index (χ1) is 7.22. The minimum absolute atomic E-state index is 0.0738. The van der Waals surface area contributed by atoms with E-state index in [0.29, 0.717) is 6.54 Å². The van der Waals surface area contributed by atoms with E-state index in [9.17, 15) is 4.79 Å². The van der Waals surface area contributed by atoms with Crippen LogP contribution < -0.4 is 0 Å². The van der Waals surface area contributed by atoms with Crippen LogP contribution in [0.5, 0.6) is 0 Å². The van der Waals surface area contributed by atoms with Crippen LogP contribution in [0.2, 0.25) is 0 Å². The van der Waals surface area contributed by atoms with E-state index in [-0.39, 0.29) is 6.54 Å². The van der Waals surface area contributed by atoms with Gasteiger partial charge in [-0.15, -0.1) is 0 Å². The lowest BCUT2D eigenvalue weighted by Crippen LogP contribution is -2.30. The first kappa shape index (κ1) is 11.7. The summed E-state index contributed by atoms with van der Waals surface area (Å²) in [7, 11) is 0. The van der Waals surface area contributed by atoms with Gasteiger partial charge in [0.1, 0.15) is 0 Å². The summed E-state index contributed by atoms with van der Waals surface area (Å²) < 4.78 is 0. The number of hydrogen-bond donors (Lipinski definition) is 1. The van der Waals surface area contributed by atoms with E-state index < -0.39 is 5.97 Å². The molecule has 0 saturated carbocycles. The van der Waals surface area contributed by atoms with Crippen molar-refractivity contribution in [2.45, 2.75) is 19.9 Å². The number of nitrogens with zero attached hydrogens (tertiary/aromatic N) is 2. The van der Waals surface area contributed by atoms with E-state index in [0.717, 1.165) is 18.7 Å². The van der Waals surface area contributed by atoms with Crippen LogP contribution in [0.4, 0.5) is 0 Å². The summed E-state index contributed by atoms with van der Waals surface area (Å²) in [5, 5.41) is 8.73. The Balaban J connectivity index is 2.54. The summed E-state index contributed by atoms with van der Waals surface area (Å²) in [6, 6.07) is 5.67. The summed E-state index contributed by atoms with van der Waals surface area (Å²) >= 11 is 0. The zero-order valence-electron chi connectivity index (χ0n) is 8.89. The van der Waals surface area contributed by atoms with Crippen molar-refractivity contribution in [3.8, 4) is 0 Å². The first-order valence-corrected chi connectivity index (χ1v) is 5.06. The van der Waals surface area contributed by atoms with Crippen molar-refractivity contribution in [3.05, 3.63) is 30.1 Å². The van der Waals surface area contributed by atoms with Gasteiger partial charge < -0.3 is 5.11 Å². The maximum absolute atomic E-state index is 10.6. The molecule has 82 valence electrons. The molecule has 0 aliphatic rings. The Morgan fingerprint density at radius 1 is 1.53 bits per heavy atom. The topological polar surface area (TPSA) is 53.4 Å². The highest BCUT2D eigenvalue weighted by Crippen LogP contribution is 2.01. The van der Waals surface area contributed by atoms with Gasteiger partial charge in [-0.1, -0.05) is 13.0 Å². The minimum atomic E-state index is -0.792. The molecule has 0 spiro atoms. The highest BCUT2D eigenvalue weighted by molar-refractivity contribution is 5.69. The predicted molar refractivity (Wildman–Crippen MR) is 57.4 cm³/mol. The van der Waals surface area contributed by atoms with E-state index in [1.165, 1.54) is 0 Å². The molecule has 1 heterocycles. The number of aromatic nitrogens is 1. The normalized spacial score (nSPS) is 10.5. The van der Waals surface area contributed by atoms with Crippen molar-refractivity contribution in [3.63, 3.8) is 0 Å². The van der Waals surface area contributed by atoms with Crippen molar-refractivity contribution in [2.24, 2.45) is 0 Å². The van der Waals surface area contributed by atoms with Gasteiger partial charge >= 0.3 is 5.97 Å². The Kier molecular flexibility index (Phi) is 4.77. The van der Waals surface area contributed by atoms with Gasteiger partial charge in [0.15, 0.2) is 0 Å². The molecular weight excluding hydrogens is 192 g/mol. The Morgan fingerprint density at radius 2 is 2.33 bits per heavy atom. The van der Waals surface area contributed by atoms with E-state index in [2.05, 4.69) is 4.98 Å². The lowest BCUT2D eigenvalue weighted by molar-refractivity contribution is -0.138. The third-order valence-corrected chi connectivity index (χ3v) is 2.01. The summed E-state index contributed by atoms with van der Waals surface area (Å²) in [6.45, 7) is 3.49. The molecule has 0 unspecified atom stereocenters. The maximum atomic E-state index is 10.6. The molecule has 1 aromatic heterocycles. The highest BCUT2D eigenvalue weighted by atomic mass is 16.4. The number of aliphatic carboxylic acids is 1. The van der Waals surface area contributed by atoms with Crippen LogP contribution in [-0.4, -0.2) is 34.0 Å².